The van der Waals surface area contributed by atoms with Gasteiger partial charge in [0.2, 0.25) is 0 Å². The zero-order valence-corrected chi connectivity index (χ0v) is 13.0. The lowest BCUT2D eigenvalue weighted by atomic mass is 10.1. The average molecular weight is 299 g/mol. The lowest BCUT2D eigenvalue weighted by Gasteiger charge is -2.19. The minimum atomic E-state index is 0.130. The first-order valence-corrected chi connectivity index (χ1v) is 8.44. The standard InChI is InChI=1S/C17H17NS2/c1-12(18)17(16-7-4-10-19-16)20-15-9-8-13-5-2-3-6-14(13)11-15/h2-12,17H,18H2,1H3. The first kappa shape index (κ1) is 13.7. The highest BCUT2D eigenvalue weighted by Gasteiger charge is 2.18. The van der Waals surface area contributed by atoms with Gasteiger partial charge < -0.3 is 5.73 Å². The third-order valence-corrected chi connectivity index (χ3v) is 5.85. The molecule has 2 atom stereocenters. The summed E-state index contributed by atoms with van der Waals surface area (Å²) in [5.41, 5.74) is 6.17. The van der Waals surface area contributed by atoms with Gasteiger partial charge in [-0.2, -0.15) is 0 Å². The molecule has 3 aromatic rings. The molecule has 0 amide bonds. The molecular weight excluding hydrogens is 282 g/mol. The van der Waals surface area contributed by atoms with Gasteiger partial charge in [0.25, 0.3) is 0 Å². The molecule has 0 spiro atoms. The van der Waals surface area contributed by atoms with Gasteiger partial charge in [0.15, 0.2) is 0 Å². The van der Waals surface area contributed by atoms with E-state index in [2.05, 4.69) is 66.9 Å². The van der Waals surface area contributed by atoms with Gasteiger partial charge in [-0.1, -0.05) is 36.4 Å². The van der Waals surface area contributed by atoms with E-state index in [1.165, 1.54) is 20.5 Å². The van der Waals surface area contributed by atoms with Crippen molar-refractivity contribution in [3.05, 3.63) is 64.9 Å². The molecule has 0 fully saturated rings. The molecule has 1 nitrogen and oxygen atoms in total. The average Bonchev–Trinajstić information content (AvgIpc) is 2.98. The number of nitrogens with two attached hydrogens (primary N) is 1. The molecule has 2 unspecified atom stereocenters. The summed E-state index contributed by atoms with van der Waals surface area (Å²) in [7, 11) is 0. The number of hydrogen-bond donors (Lipinski definition) is 1. The maximum absolute atomic E-state index is 6.17. The molecule has 0 aliphatic carbocycles. The van der Waals surface area contributed by atoms with Crippen LogP contribution in [0.3, 0.4) is 0 Å². The van der Waals surface area contributed by atoms with Crippen LogP contribution in [-0.4, -0.2) is 6.04 Å². The van der Waals surface area contributed by atoms with Crippen LogP contribution < -0.4 is 5.73 Å². The molecule has 2 N–H and O–H groups in total. The Morgan fingerprint density at radius 3 is 2.50 bits per heavy atom. The number of thioether (sulfide) groups is 1. The zero-order chi connectivity index (χ0) is 13.9. The van der Waals surface area contributed by atoms with Gasteiger partial charge in [0.05, 0.1) is 5.25 Å². The third-order valence-electron chi connectivity index (χ3n) is 3.29. The van der Waals surface area contributed by atoms with Crippen molar-refractivity contribution < 1.29 is 0 Å². The van der Waals surface area contributed by atoms with Crippen LogP contribution in [0.4, 0.5) is 0 Å². The minimum absolute atomic E-state index is 0.130. The van der Waals surface area contributed by atoms with E-state index in [0.717, 1.165) is 0 Å². The zero-order valence-electron chi connectivity index (χ0n) is 11.3. The van der Waals surface area contributed by atoms with Crippen LogP contribution in [-0.2, 0) is 0 Å². The molecule has 20 heavy (non-hydrogen) atoms. The van der Waals surface area contributed by atoms with Gasteiger partial charge in [-0.3, -0.25) is 0 Å². The smallest absolute Gasteiger partial charge is 0.0586 e. The van der Waals surface area contributed by atoms with Crippen LogP contribution in [0, 0.1) is 0 Å². The molecule has 0 saturated heterocycles. The van der Waals surface area contributed by atoms with Gasteiger partial charge in [0.1, 0.15) is 0 Å². The predicted octanol–water partition coefficient (Wildman–Crippen LogP) is 5.08. The van der Waals surface area contributed by atoms with Crippen molar-refractivity contribution in [3.63, 3.8) is 0 Å². The second kappa shape index (κ2) is 6.00. The summed E-state index contributed by atoms with van der Waals surface area (Å²) in [6, 6.07) is 19.5. The van der Waals surface area contributed by atoms with Crippen LogP contribution in [0.2, 0.25) is 0 Å². The topological polar surface area (TPSA) is 26.0 Å². The molecule has 0 bridgehead atoms. The molecule has 3 heteroatoms. The quantitative estimate of drug-likeness (QED) is 0.680. The fourth-order valence-corrected chi connectivity index (χ4v) is 4.44. The van der Waals surface area contributed by atoms with E-state index in [-0.39, 0.29) is 6.04 Å². The van der Waals surface area contributed by atoms with Gasteiger partial charge in [-0.05, 0) is 41.3 Å². The number of thiophene rings is 1. The fourth-order valence-electron chi connectivity index (χ4n) is 2.26. The number of hydrogen-bond acceptors (Lipinski definition) is 3. The minimum Gasteiger partial charge on any atom is -0.327 e. The monoisotopic (exact) mass is 299 g/mol. The Hall–Kier alpha value is -1.29. The normalized spacial score (nSPS) is 14.3. The maximum Gasteiger partial charge on any atom is 0.0586 e. The Labute approximate surface area is 127 Å². The summed E-state index contributed by atoms with van der Waals surface area (Å²) in [5, 5.41) is 5.00. The van der Waals surface area contributed by atoms with Crippen LogP contribution in [0.5, 0.6) is 0 Å². The lowest BCUT2D eigenvalue weighted by molar-refractivity contribution is 0.730. The van der Waals surface area contributed by atoms with Crippen molar-refractivity contribution in [1.82, 2.24) is 0 Å². The molecule has 0 saturated carbocycles. The summed E-state index contributed by atoms with van der Waals surface area (Å²) in [4.78, 5) is 2.62. The molecule has 0 aliphatic rings. The van der Waals surface area contributed by atoms with Crippen molar-refractivity contribution in [3.8, 4) is 0 Å². The second-order valence-corrected chi connectivity index (χ2v) is 7.12. The molecular formula is C17H17NS2. The van der Waals surface area contributed by atoms with E-state index >= 15 is 0 Å². The highest BCUT2D eigenvalue weighted by Crippen LogP contribution is 2.39. The van der Waals surface area contributed by atoms with Crippen molar-refractivity contribution in [2.45, 2.75) is 23.1 Å². The first-order chi connectivity index (χ1) is 9.74. The molecule has 0 radical (unpaired) electrons. The third kappa shape index (κ3) is 2.90. The Bertz CT molecular complexity index is 689. The van der Waals surface area contributed by atoms with Crippen molar-refractivity contribution in [2.75, 3.05) is 0 Å². The van der Waals surface area contributed by atoms with E-state index < -0.39 is 0 Å². The summed E-state index contributed by atoms with van der Waals surface area (Å²) in [6.45, 7) is 2.08. The highest BCUT2D eigenvalue weighted by molar-refractivity contribution is 7.99. The highest BCUT2D eigenvalue weighted by atomic mass is 32.2. The Kier molecular flexibility index (Phi) is 4.10. The summed E-state index contributed by atoms with van der Waals surface area (Å²) in [6.07, 6.45) is 0. The summed E-state index contributed by atoms with van der Waals surface area (Å²) in [5.74, 6) is 0. The predicted molar refractivity (Wildman–Crippen MR) is 90.5 cm³/mol. The first-order valence-electron chi connectivity index (χ1n) is 6.68. The van der Waals surface area contributed by atoms with Crippen molar-refractivity contribution in [2.24, 2.45) is 5.73 Å². The maximum atomic E-state index is 6.17. The second-order valence-electron chi connectivity index (χ2n) is 4.92. The number of fused-ring (bicyclic) bond motifs is 1. The number of rotatable bonds is 4. The van der Waals surface area contributed by atoms with Gasteiger partial charge in [0, 0.05) is 15.8 Å². The van der Waals surface area contributed by atoms with Gasteiger partial charge >= 0.3 is 0 Å². The Morgan fingerprint density at radius 2 is 1.80 bits per heavy atom. The van der Waals surface area contributed by atoms with E-state index in [9.17, 15) is 0 Å². The largest absolute Gasteiger partial charge is 0.327 e. The van der Waals surface area contributed by atoms with Crippen molar-refractivity contribution >= 4 is 33.9 Å². The van der Waals surface area contributed by atoms with Crippen LogP contribution in [0.1, 0.15) is 17.1 Å². The van der Waals surface area contributed by atoms with E-state index in [0.29, 0.717) is 5.25 Å². The van der Waals surface area contributed by atoms with E-state index in [1.807, 2.05) is 11.8 Å². The molecule has 1 heterocycles. The molecule has 3 rings (SSSR count). The molecule has 2 aromatic carbocycles. The van der Waals surface area contributed by atoms with Crippen LogP contribution in [0.15, 0.2) is 64.9 Å². The molecule has 1 aromatic heterocycles. The van der Waals surface area contributed by atoms with Crippen LogP contribution >= 0.6 is 23.1 Å². The van der Waals surface area contributed by atoms with Crippen molar-refractivity contribution in [1.29, 1.82) is 0 Å². The van der Waals surface area contributed by atoms with Gasteiger partial charge in [-0.15, -0.1) is 23.1 Å². The summed E-state index contributed by atoms with van der Waals surface area (Å²) >= 11 is 3.64. The van der Waals surface area contributed by atoms with E-state index in [1.54, 1.807) is 11.3 Å². The lowest BCUT2D eigenvalue weighted by Crippen LogP contribution is -2.21. The SMILES string of the molecule is CC(N)C(Sc1ccc2ccccc2c1)c1cccs1. The Balaban J connectivity index is 1.90. The molecule has 0 aliphatic heterocycles. The Morgan fingerprint density at radius 1 is 1.00 bits per heavy atom. The van der Waals surface area contributed by atoms with Crippen LogP contribution in [0.25, 0.3) is 10.8 Å². The molecule has 102 valence electrons. The summed E-state index contributed by atoms with van der Waals surface area (Å²) < 4.78 is 0. The van der Waals surface area contributed by atoms with E-state index in [4.69, 9.17) is 5.73 Å². The number of benzene rings is 2. The van der Waals surface area contributed by atoms with Gasteiger partial charge in [-0.25, -0.2) is 0 Å². The fraction of sp³-hybridized carbons (Fsp3) is 0.176.